The first kappa shape index (κ1) is 18.3. The smallest absolute Gasteiger partial charge is 0.348 e. The molecule has 28 heavy (non-hydrogen) atoms. The number of carbonyl (C=O) groups excluding carboxylic acids is 1. The monoisotopic (exact) mass is 400 g/mol. The summed E-state index contributed by atoms with van der Waals surface area (Å²) in [5.74, 6) is 1.41. The molecule has 2 heterocycles. The van der Waals surface area contributed by atoms with E-state index in [1.165, 1.54) is 0 Å². The van der Waals surface area contributed by atoms with Crippen LogP contribution in [0.5, 0.6) is 11.5 Å². The lowest BCUT2D eigenvalue weighted by molar-refractivity contribution is -0.157. The number of hydrogen-bond donors (Lipinski definition) is 0. The molecule has 4 rings (SSSR count). The van der Waals surface area contributed by atoms with Crippen molar-refractivity contribution in [2.45, 2.75) is 25.6 Å². The van der Waals surface area contributed by atoms with Crippen LogP contribution in [0, 0.1) is 0 Å². The number of ether oxygens (including phenoxy) is 3. The molecule has 7 nitrogen and oxygen atoms in total. The van der Waals surface area contributed by atoms with Crippen molar-refractivity contribution >= 4 is 17.6 Å². The zero-order valence-corrected chi connectivity index (χ0v) is 16.0. The molecule has 144 valence electrons. The van der Waals surface area contributed by atoms with Gasteiger partial charge in [-0.15, -0.1) is 10.2 Å². The molecule has 2 aromatic carbocycles. The summed E-state index contributed by atoms with van der Waals surface area (Å²) in [7, 11) is 1.59. The van der Waals surface area contributed by atoms with Gasteiger partial charge in [0.25, 0.3) is 5.89 Å². The molecular formula is C20H17ClN2O5. The van der Waals surface area contributed by atoms with E-state index in [0.29, 0.717) is 23.1 Å². The third-order valence-corrected chi connectivity index (χ3v) is 4.61. The molecule has 0 amide bonds. The number of benzene rings is 2. The molecule has 2 atom stereocenters. The molecule has 0 saturated carbocycles. The van der Waals surface area contributed by atoms with Gasteiger partial charge < -0.3 is 18.6 Å². The van der Waals surface area contributed by atoms with Crippen LogP contribution in [-0.4, -0.2) is 29.4 Å². The molecule has 3 aromatic rings. The van der Waals surface area contributed by atoms with Crippen LogP contribution in [0.4, 0.5) is 0 Å². The highest BCUT2D eigenvalue weighted by Gasteiger charge is 2.32. The third kappa shape index (κ3) is 3.66. The summed E-state index contributed by atoms with van der Waals surface area (Å²) >= 11 is 5.98. The lowest BCUT2D eigenvalue weighted by atomic mass is 10.1. The van der Waals surface area contributed by atoms with E-state index < -0.39 is 18.2 Å². The molecular weight excluding hydrogens is 384 g/mol. The fourth-order valence-electron chi connectivity index (χ4n) is 2.90. The van der Waals surface area contributed by atoms with Crippen molar-refractivity contribution in [2.75, 3.05) is 7.11 Å². The Balaban J connectivity index is 1.40. The molecule has 1 aliphatic rings. The van der Waals surface area contributed by atoms with Crippen molar-refractivity contribution in [3.8, 4) is 23.0 Å². The van der Waals surface area contributed by atoms with Gasteiger partial charge in [-0.3, -0.25) is 0 Å². The fraction of sp³-hybridized carbons (Fsp3) is 0.250. The van der Waals surface area contributed by atoms with Crippen LogP contribution in [0.2, 0.25) is 5.02 Å². The molecule has 0 fully saturated rings. The number of hydrogen-bond acceptors (Lipinski definition) is 7. The predicted molar refractivity (Wildman–Crippen MR) is 100 cm³/mol. The number of carbonyl (C=O) groups is 1. The third-order valence-electron chi connectivity index (χ3n) is 4.38. The molecule has 0 bridgehead atoms. The van der Waals surface area contributed by atoms with E-state index in [4.69, 9.17) is 30.2 Å². The molecule has 0 saturated heterocycles. The first-order valence-electron chi connectivity index (χ1n) is 8.67. The van der Waals surface area contributed by atoms with Crippen molar-refractivity contribution in [1.29, 1.82) is 0 Å². The van der Waals surface area contributed by atoms with Crippen LogP contribution in [-0.2, 0) is 16.0 Å². The zero-order chi connectivity index (χ0) is 19.7. The largest absolute Gasteiger partial charge is 0.497 e. The Morgan fingerprint density at radius 1 is 1.21 bits per heavy atom. The van der Waals surface area contributed by atoms with Crippen LogP contribution in [0.25, 0.3) is 11.5 Å². The number of halogens is 1. The number of nitrogens with zero attached hydrogens (tertiary/aromatic N) is 2. The van der Waals surface area contributed by atoms with Crippen molar-refractivity contribution in [3.63, 3.8) is 0 Å². The summed E-state index contributed by atoms with van der Waals surface area (Å²) in [5.41, 5.74) is 1.62. The zero-order valence-electron chi connectivity index (χ0n) is 15.2. The Morgan fingerprint density at radius 3 is 2.75 bits per heavy atom. The van der Waals surface area contributed by atoms with E-state index in [0.717, 1.165) is 16.9 Å². The van der Waals surface area contributed by atoms with Gasteiger partial charge in [-0.2, -0.15) is 0 Å². The standard InChI is InChI=1S/C20H17ClN2O5/c1-11(18-22-23-19(28-18)12-3-6-15(25-2)7-4-12)26-20(24)17-10-13-9-14(21)5-8-16(13)27-17/h3-9,11,17H,10H2,1-2H3/t11-,17-/m0/s1. The molecule has 1 aromatic heterocycles. The van der Waals surface area contributed by atoms with Crippen molar-refractivity contribution in [3.05, 3.63) is 58.9 Å². The highest BCUT2D eigenvalue weighted by molar-refractivity contribution is 6.30. The van der Waals surface area contributed by atoms with Crippen LogP contribution < -0.4 is 9.47 Å². The van der Waals surface area contributed by atoms with E-state index in [2.05, 4.69) is 10.2 Å². The Morgan fingerprint density at radius 2 is 2.00 bits per heavy atom. The van der Waals surface area contributed by atoms with Gasteiger partial charge in [-0.25, -0.2) is 4.79 Å². The summed E-state index contributed by atoms with van der Waals surface area (Å²) < 4.78 is 21.9. The highest BCUT2D eigenvalue weighted by Crippen LogP contribution is 2.32. The lowest BCUT2D eigenvalue weighted by Gasteiger charge is -2.13. The summed E-state index contributed by atoms with van der Waals surface area (Å²) in [6, 6.07) is 12.5. The SMILES string of the molecule is COc1ccc(-c2nnc([C@H](C)OC(=O)[C@@H]3Cc4cc(Cl)ccc4O3)o2)cc1. The summed E-state index contributed by atoms with van der Waals surface area (Å²) in [5, 5.41) is 8.60. The first-order chi connectivity index (χ1) is 13.5. The second kappa shape index (κ2) is 7.52. The van der Waals surface area contributed by atoms with Crippen molar-refractivity contribution in [2.24, 2.45) is 0 Å². The average molecular weight is 401 g/mol. The van der Waals surface area contributed by atoms with Gasteiger partial charge in [0, 0.05) is 17.0 Å². The van der Waals surface area contributed by atoms with E-state index in [9.17, 15) is 4.79 Å². The molecule has 0 N–H and O–H groups in total. The van der Waals surface area contributed by atoms with Crippen LogP contribution in [0.1, 0.15) is 24.5 Å². The van der Waals surface area contributed by atoms with Gasteiger partial charge in [-0.05, 0) is 55.0 Å². The first-order valence-corrected chi connectivity index (χ1v) is 9.04. The Hall–Kier alpha value is -3.06. The van der Waals surface area contributed by atoms with E-state index in [-0.39, 0.29) is 5.89 Å². The number of aromatic nitrogens is 2. The predicted octanol–water partition coefficient (Wildman–Crippen LogP) is 4.01. The molecule has 1 aliphatic heterocycles. The summed E-state index contributed by atoms with van der Waals surface area (Å²) in [4.78, 5) is 12.4. The van der Waals surface area contributed by atoms with Gasteiger partial charge in [0.1, 0.15) is 11.5 Å². The second-order valence-corrected chi connectivity index (χ2v) is 6.75. The Kier molecular flexibility index (Phi) is 4.92. The van der Waals surface area contributed by atoms with E-state index >= 15 is 0 Å². The van der Waals surface area contributed by atoms with Gasteiger partial charge in [-0.1, -0.05) is 11.6 Å². The van der Waals surface area contributed by atoms with E-state index in [1.807, 2.05) is 12.1 Å². The molecule has 0 unspecified atom stereocenters. The average Bonchev–Trinajstić information content (AvgIpc) is 3.35. The normalized spacial score (nSPS) is 16.2. The number of esters is 1. The molecule has 8 heteroatoms. The maximum Gasteiger partial charge on any atom is 0.348 e. The maximum atomic E-state index is 12.4. The van der Waals surface area contributed by atoms with Gasteiger partial charge in [0.15, 0.2) is 12.2 Å². The van der Waals surface area contributed by atoms with Crippen LogP contribution in [0.3, 0.4) is 0 Å². The highest BCUT2D eigenvalue weighted by atomic mass is 35.5. The van der Waals surface area contributed by atoms with Crippen molar-refractivity contribution in [1.82, 2.24) is 10.2 Å². The van der Waals surface area contributed by atoms with Crippen LogP contribution >= 0.6 is 11.6 Å². The Bertz CT molecular complexity index is 1000. The fourth-order valence-corrected chi connectivity index (χ4v) is 3.09. The minimum atomic E-state index is -0.722. The van der Waals surface area contributed by atoms with Crippen LogP contribution in [0.15, 0.2) is 46.9 Å². The van der Waals surface area contributed by atoms with Gasteiger partial charge >= 0.3 is 5.97 Å². The summed E-state index contributed by atoms with van der Waals surface area (Å²) in [6.45, 7) is 1.67. The molecule has 0 aliphatic carbocycles. The number of rotatable bonds is 5. The minimum absolute atomic E-state index is 0.206. The molecule has 0 spiro atoms. The quantitative estimate of drug-likeness (QED) is 0.598. The topological polar surface area (TPSA) is 83.7 Å². The molecule has 0 radical (unpaired) electrons. The van der Waals surface area contributed by atoms with E-state index in [1.54, 1.807) is 44.4 Å². The number of fused-ring (bicyclic) bond motifs is 1. The Labute approximate surface area is 166 Å². The summed E-state index contributed by atoms with van der Waals surface area (Å²) in [6.07, 6.45) is -1.02. The van der Waals surface area contributed by atoms with Gasteiger partial charge in [0.2, 0.25) is 5.89 Å². The number of methoxy groups -OCH3 is 1. The lowest BCUT2D eigenvalue weighted by Crippen LogP contribution is -2.28. The minimum Gasteiger partial charge on any atom is -0.497 e. The van der Waals surface area contributed by atoms with Crippen molar-refractivity contribution < 1.29 is 23.4 Å². The van der Waals surface area contributed by atoms with Gasteiger partial charge in [0.05, 0.1) is 7.11 Å². The second-order valence-electron chi connectivity index (χ2n) is 6.32. The maximum absolute atomic E-state index is 12.4.